The molecule has 0 radical (unpaired) electrons. The Labute approximate surface area is 126 Å². The number of Topliss-reactive ketones (excluding diaryl/α,β-unsaturated/α-hetero) is 3. The average Bonchev–Trinajstić information content (AvgIpc) is 2.88. The fraction of sp³-hybridized carbons (Fsp3) is 0.312. The van der Waals surface area contributed by atoms with Crippen LogP contribution in [0.1, 0.15) is 61.1 Å². The van der Waals surface area contributed by atoms with E-state index in [2.05, 4.69) is 15.0 Å². The first-order chi connectivity index (χ1) is 10.5. The lowest BCUT2D eigenvalue weighted by atomic mass is 9.87. The summed E-state index contributed by atoms with van der Waals surface area (Å²) in [6, 6.07) is 0. The Morgan fingerprint density at radius 2 is 1.55 bits per heavy atom. The molecule has 0 unspecified atom stereocenters. The van der Waals surface area contributed by atoms with E-state index in [0.717, 1.165) is 0 Å². The first-order valence-corrected chi connectivity index (χ1v) is 7.21. The Morgan fingerprint density at radius 1 is 0.864 bits per heavy atom. The fourth-order valence-corrected chi connectivity index (χ4v) is 3.16. The summed E-state index contributed by atoms with van der Waals surface area (Å²) < 4.78 is 0. The van der Waals surface area contributed by atoms with Gasteiger partial charge in [-0.25, -0.2) is 9.97 Å². The Kier molecular flexibility index (Phi) is 2.49. The Morgan fingerprint density at radius 3 is 2.27 bits per heavy atom. The van der Waals surface area contributed by atoms with Crippen molar-refractivity contribution in [3.05, 3.63) is 33.9 Å². The van der Waals surface area contributed by atoms with Gasteiger partial charge in [0.1, 0.15) is 11.4 Å². The zero-order chi connectivity index (χ0) is 15.6. The third kappa shape index (κ3) is 1.52. The molecule has 1 N–H and O–H groups in total. The maximum atomic E-state index is 12.5. The normalized spacial score (nSPS) is 16.4. The largest absolute Gasteiger partial charge is 0.350 e. The number of aryl methyl sites for hydroxylation is 2. The van der Waals surface area contributed by atoms with Crippen molar-refractivity contribution >= 4 is 17.3 Å². The molecule has 2 heterocycles. The SMILES string of the molecule is Cc1nc2c(nc1C)-c1[nH]c3c(c1C(=O)C2=O)CCCC3=O. The van der Waals surface area contributed by atoms with Crippen LogP contribution in [0.2, 0.25) is 0 Å². The second-order valence-corrected chi connectivity index (χ2v) is 5.76. The highest BCUT2D eigenvalue weighted by Gasteiger charge is 2.39. The Hall–Kier alpha value is -2.63. The molecule has 110 valence electrons. The number of aromatic nitrogens is 3. The summed E-state index contributed by atoms with van der Waals surface area (Å²) in [5.74, 6) is -1.25. The number of H-pyrrole nitrogens is 1. The molecule has 2 aromatic heterocycles. The molecule has 0 aromatic carbocycles. The summed E-state index contributed by atoms with van der Waals surface area (Å²) in [7, 11) is 0. The Bertz CT molecular complexity index is 893. The minimum atomic E-state index is -0.641. The summed E-state index contributed by atoms with van der Waals surface area (Å²) in [6.45, 7) is 3.55. The lowest BCUT2D eigenvalue weighted by molar-refractivity contribution is 0.0811. The van der Waals surface area contributed by atoms with Crippen molar-refractivity contribution in [2.45, 2.75) is 33.1 Å². The summed E-state index contributed by atoms with van der Waals surface area (Å²) in [4.78, 5) is 48.6. The van der Waals surface area contributed by atoms with E-state index in [1.165, 1.54) is 0 Å². The van der Waals surface area contributed by atoms with Gasteiger partial charge in [0.25, 0.3) is 5.78 Å². The third-order valence-electron chi connectivity index (χ3n) is 4.41. The van der Waals surface area contributed by atoms with Gasteiger partial charge in [-0.2, -0.15) is 0 Å². The number of aromatic amines is 1. The van der Waals surface area contributed by atoms with Crippen molar-refractivity contribution in [1.29, 1.82) is 0 Å². The number of hydrogen-bond acceptors (Lipinski definition) is 5. The van der Waals surface area contributed by atoms with Gasteiger partial charge in [0.2, 0.25) is 5.78 Å². The zero-order valence-corrected chi connectivity index (χ0v) is 12.2. The molecule has 6 heteroatoms. The smallest absolute Gasteiger partial charge is 0.254 e. The van der Waals surface area contributed by atoms with Crippen molar-refractivity contribution in [1.82, 2.24) is 15.0 Å². The van der Waals surface area contributed by atoms with Crippen molar-refractivity contribution in [2.75, 3.05) is 0 Å². The van der Waals surface area contributed by atoms with Crippen LogP contribution < -0.4 is 0 Å². The standard InChI is InChI=1S/C16H13N3O3/c1-6-7(2)18-14-13(17-6)12-10(15(21)16(14)22)8-4-3-5-9(20)11(8)19-12/h19H,3-5H2,1-2H3. The van der Waals surface area contributed by atoms with Gasteiger partial charge in [0, 0.05) is 6.42 Å². The second kappa shape index (κ2) is 4.19. The van der Waals surface area contributed by atoms with Gasteiger partial charge < -0.3 is 4.98 Å². The number of nitrogens with one attached hydrogen (secondary N) is 1. The van der Waals surface area contributed by atoms with Crippen LogP contribution in [0.15, 0.2) is 0 Å². The van der Waals surface area contributed by atoms with Crippen molar-refractivity contribution in [2.24, 2.45) is 0 Å². The number of hydrogen-bond donors (Lipinski definition) is 1. The van der Waals surface area contributed by atoms with Crippen LogP contribution in [0.3, 0.4) is 0 Å². The van der Waals surface area contributed by atoms with Gasteiger partial charge in [-0.1, -0.05) is 0 Å². The van der Waals surface area contributed by atoms with Crippen LogP contribution in [0, 0.1) is 13.8 Å². The molecule has 2 aliphatic carbocycles. The number of rotatable bonds is 0. The van der Waals surface area contributed by atoms with Gasteiger partial charge in [0.05, 0.1) is 28.3 Å². The molecule has 0 amide bonds. The molecular weight excluding hydrogens is 282 g/mol. The first kappa shape index (κ1) is 13.1. The molecule has 0 saturated carbocycles. The number of ketones is 3. The first-order valence-electron chi connectivity index (χ1n) is 7.21. The molecule has 0 spiro atoms. The monoisotopic (exact) mass is 295 g/mol. The van der Waals surface area contributed by atoms with E-state index in [0.29, 0.717) is 58.9 Å². The summed E-state index contributed by atoms with van der Waals surface area (Å²) in [5, 5.41) is 0. The van der Waals surface area contributed by atoms with E-state index in [1.807, 2.05) is 0 Å². The van der Waals surface area contributed by atoms with Crippen LogP contribution in [0.5, 0.6) is 0 Å². The van der Waals surface area contributed by atoms with Gasteiger partial charge in [-0.15, -0.1) is 0 Å². The van der Waals surface area contributed by atoms with Gasteiger partial charge >= 0.3 is 0 Å². The highest BCUT2D eigenvalue weighted by atomic mass is 16.2. The van der Waals surface area contributed by atoms with E-state index in [9.17, 15) is 14.4 Å². The van der Waals surface area contributed by atoms with Crippen molar-refractivity contribution < 1.29 is 14.4 Å². The van der Waals surface area contributed by atoms with Gasteiger partial charge in [-0.05, 0) is 32.3 Å². The number of fused-ring (bicyclic) bond motifs is 5. The second-order valence-electron chi connectivity index (χ2n) is 5.76. The molecule has 4 rings (SSSR count). The minimum absolute atomic E-state index is 0.0192. The van der Waals surface area contributed by atoms with E-state index in [4.69, 9.17) is 0 Å². The summed E-state index contributed by atoms with van der Waals surface area (Å²) in [6.07, 6.45) is 1.78. The molecular formula is C16H13N3O3. The van der Waals surface area contributed by atoms with Crippen LogP contribution in [-0.4, -0.2) is 32.3 Å². The van der Waals surface area contributed by atoms with Gasteiger partial charge in [-0.3, -0.25) is 14.4 Å². The number of carbonyl (C=O) groups is 3. The molecule has 0 atom stereocenters. The van der Waals surface area contributed by atoms with Crippen LogP contribution >= 0.6 is 0 Å². The van der Waals surface area contributed by atoms with Crippen molar-refractivity contribution in [3.63, 3.8) is 0 Å². The molecule has 0 saturated heterocycles. The predicted octanol–water partition coefficient (Wildman–Crippen LogP) is 1.99. The Balaban J connectivity index is 2.08. The van der Waals surface area contributed by atoms with E-state index >= 15 is 0 Å². The van der Waals surface area contributed by atoms with Gasteiger partial charge in [0.15, 0.2) is 5.78 Å². The summed E-state index contributed by atoms with van der Waals surface area (Å²) >= 11 is 0. The van der Waals surface area contributed by atoms with Crippen LogP contribution in [0.25, 0.3) is 11.4 Å². The predicted molar refractivity (Wildman–Crippen MR) is 77.2 cm³/mol. The van der Waals surface area contributed by atoms with Crippen LogP contribution in [-0.2, 0) is 6.42 Å². The molecule has 0 fully saturated rings. The summed E-state index contributed by atoms with van der Waals surface area (Å²) in [5.41, 5.74) is 3.67. The molecule has 22 heavy (non-hydrogen) atoms. The minimum Gasteiger partial charge on any atom is -0.350 e. The quantitative estimate of drug-likeness (QED) is 0.750. The lowest BCUT2D eigenvalue weighted by Crippen LogP contribution is -2.25. The van der Waals surface area contributed by atoms with E-state index < -0.39 is 11.6 Å². The third-order valence-corrected chi connectivity index (χ3v) is 4.41. The zero-order valence-electron chi connectivity index (χ0n) is 12.2. The van der Waals surface area contributed by atoms with Crippen LogP contribution in [0.4, 0.5) is 0 Å². The van der Waals surface area contributed by atoms with Crippen molar-refractivity contribution in [3.8, 4) is 11.4 Å². The maximum absolute atomic E-state index is 12.5. The highest BCUT2D eigenvalue weighted by Crippen LogP contribution is 2.37. The topological polar surface area (TPSA) is 92.8 Å². The molecule has 2 aliphatic rings. The van der Waals surface area contributed by atoms with E-state index in [-0.39, 0.29) is 11.5 Å². The average molecular weight is 295 g/mol. The molecule has 2 aromatic rings. The molecule has 0 bridgehead atoms. The number of carbonyl (C=O) groups excluding carboxylic acids is 3. The molecule has 0 aliphatic heterocycles. The number of nitrogens with zero attached hydrogens (tertiary/aromatic N) is 2. The maximum Gasteiger partial charge on any atom is 0.254 e. The highest BCUT2D eigenvalue weighted by molar-refractivity contribution is 6.52. The fourth-order valence-electron chi connectivity index (χ4n) is 3.16. The van der Waals surface area contributed by atoms with E-state index in [1.54, 1.807) is 13.8 Å². The lowest BCUT2D eigenvalue weighted by Gasteiger charge is -2.16. The molecule has 6 nitrogen and oxygen atoms in total.